The molecule has 1 amide bonds. The Balaban J connectivity index is 2.15. The maximum Gasteiger partial charge on any atom is 0.295 e. The number of unbranched alkanes of at least 4 members (excludes halogenated alkanes) is 1. The van der Waals surface area contributed by atoms with E-state index < -0.39 is 17.7 Å². The van der Waals surface area contributed by atoms with Gasteiger partial charge in [-0.1, -0.05) is 19.4 Å². The number of Topliss-reactive ketones (excluding diaryl/α,β-unsaturated/α-hetero) is 1. The van der Waals surface area contributed by atoms with Crippen LogP contribution in [0.15, 0.2) is 48.3 Å². The van der Waals surface area contributed by atoms with Gasteiger partial charge in [-0.2, -0.15) is 0 Å². The van der Waals surface area contributed by atoms with Crippen LogP contribution in [0.5, 0.6) is 11.5 Å². The number of carbonyl (C=O) groups is 2. The van der Waals surface area contributed by atoms with Gasteiger partial charge in [0.15, 0.2) is 11.5 Å². The van der Waals surface area contributed by atoms with Gasteiger partial charge in [0, 0.05) is 24.5 Å². The number of aliphatic hydroxyl groups excluding tert-OH is 1. The molecule has 152 valence electrons. The fraction of sp³-hybridized carbons (Fsp3) is 0.318. The highest BCUT2D eigenvalue weighted by atomic mass is 16.5. The minimum absolute atomic E-state index is 0.0475. The van der Waals surface area contributed by atoms with E-state index in [4.69, 9.17) is 9.47 Å². The lowest BCUT2D eigenvalue weighted by molar-refractivity contribution is -0.139. The molecule has 1 aliphatic heterocycles. The van der Waals surface area contributed by atoms with E-state index in [1.54, 1.807) is 42.7 Å². The second-order valence-electron chi connectivity index (χ2n) is 6.70. The molecule has 1 aliphatic rings. The number of nitrogens with zero attached hydrogens (tertiary/aromatic N) is 2. The van der Waals surface area contributed by atoms with Gasteiger partial charge in [-0.3, -0.25) is 14.6 Å². The predicted molar refractivity (Wildman–Crippen MR) is 108 cm³/mol. The van der Waals surface area contributed by atoms with Gasteiger partial charge < -0.3 is 19.5 Å². The van der Waals surface area contributed by atoms with E-state index in [1.807, 2.05) is 6.92 Å². The van der Waals surface area contributed by atoms with Gasteiger partial charge in [0.2, 0.25) is 0 Å². The smallest absolute Gasteiger partial charge is 0.295 e. The largest absolute Gasteiger partial charge is 0.507 e. The van der Waals surface area contributed by atoms with E-state index in [1.165, 1.54) is 19.1 Å². The van der Waals surface area contributed by atoms with Crippen molar-refractivity contribution in [3.05, 3.63) is 59.4 Å². The molecule has 7 nitrogen and oxygen atoms in total. The van der Waals surface area contributed by atoms with Crippen LogP contribution in [-0.4, -0.2) is 47.4 Å². The fourth-order valence-electron chi connectivity index (χ4n) is 3.46. The third kappa shape index (κ3) is 3.81. The molecule has 0 radical (unpaired) electrons. The molecular formula is C22H24N2O5. The van der Waals surface area contributed by atoms with Gasteiger partial charge >= 0.3 is 0 Å². The lowest BCUT2D eigenvalue weighted by Gasteiger charge is -2.24. The highest BCUT2D eigenvalue weighted by molar-refractivity contribution is 6.46. The highest BCUT2D eigenvalue weighted by Gasteiger charge is 2.45. The van der Waals surface area contributed by atoms with Gasteiger partial charge in [-0.05, 0) is 36.2 Å². The summed E-state index contributed by atoms with van der Waals surface area (Å²) in [4.78, 5) is 31.2. The van der Waals surface area contributed by atoms with Gasteiger partial charge in [0.25, 0.3) is 11.7 Å². The van der Waals surface area contributed by atoms with Gasteiger partial charge in [-0.25, -0.2) is 0 Å². The van der Waals surface area contributed by atoms with E-state index in [-0.39, 0.29) is 11.3 Å². The van der Waals surface area contributed by atoms with Crippen LogP contribution in [0.2, 0.25) is 0 Å². The molecule has 1 N–H and O–H groups in total. The number of benzene rings is 1. The number of rotatable bonds is 7. The van der Waals surface area contributed by atoms with E-state index in [0.717, 1.165) is 12.8 Å². The summed E-state index contributed by atoms with van der Waals surface area (Å²) >= 11 is 0. The van der Waals surface area contributed by atoms with Crippen molar-refractivity contribution in [2.24, 2.45) is 0 Å². The maximum atomic E-state index is 12.9. The Kier molecular flexibility index (Phi) is 6.16. The first-order valence-electron chi connectivity index (χ1n) is 9.44. The number of aromatic nitrogens is 1. The summed E-state index contributed by atoms with van der Waals surface area (Å²) in [5.41, 5.74) is 1.08. The zero-order valence-corrected chi connectivity index (χ0v) is 16.7. The Morgan fingerprint density at radius 3 is 2.55 bits per heavy atom. The predicted octanol–water partition coefficient (Wildman–Crippen LogP) is 3.32. The minimum Gasteiger partial charge on any atom is -0.507 e. The number of methoxy groups -OCH3 is 2. The molecule has 7 heteroatoms. The first-order valence-corrected chi connectivity index (χ1v) is 9.44. The number of hydrogen-bond acceptors (Lipinski definition) is 6. The van der Waals surface area contributed by atoms with Crippen molar-refractivity contribution < 1.29 is 24.2 Å². The average Bonchev–Trinajstić information content (AvgIpc) is 3.01. The van der Waals surface area contributed by atoms with E-state index in [9.17, 15) is 14.7 Å². The standard InChI is InChI=1S/C22H24N2O5/c1-4-5-11-24-19(15-7-6-10-23-13-15)18(21(26)22(24)27)20(25)14-8-9-16(28-2)17(12-14)29-3/h6-10,12-13,19,25H,4-5,11H2,1-3H3/b20-18-. The molecular weight excluding hydrogens is 372 g/mol. The van der Waals surface area contributed by atoms with Crippen LogP contribution in [-0.2, 0) is 9.59 Å². The number of ketones is 1. The summed E-state index contributed by atoms with van der Waals surface area (Å²) in [5.74, 6) is -0.667. The Bertz CT molecular complexity index is 939. The summed E-state index contributed by atoms with van der Waals surface area (Å²) in [6.07, 6.45) is 4.85. The Morgan fingerprint density at radius 2 is 1.93 bits per heavy atom. The van der Waals surface area contributed by atoms with Crippen molar-refractivity contribution >= 4 is 17.4 Å². The fourth-order valence-corrected chi connectivity index (χ4v) is 3.46. The zero-order valence-electron chi connectivity index (χ0n) is 16.7. The molecule has 1 atom stereocenters. The normalized spacial score (nSPS) is 18.2. The Hall–Kier alpha value is -3.35. The molecule has 3 rings (SSSR count). The molecule has 0 aliphatic carbocycles. The first-order chi connectivity index (χ1) is 14.0. The van der Waals surface area contributed by atoms with E-state index in [0.29, 0.717) is 29.2 Å². The third-order valence-electron chi connectivity index (χ3n) is 4.95. The van der Waals surface area contributed by atoms with E-state index in [2.05, 4.69) is 4.98 Å². The molecule has 29 heavy (non-hydrogen) atoms. The number of pyridine rings is 1. The maximum absolute atomic E-state index is 12.9. The summed E-state index contributed by atoms with van der Waals surface area (Å²) in [6.45, 7) is 2.43. The third-order valence-corrected chi connectivity index (χ3v) is 4.95. The SMILES string of the molecule is CCCCN1C(=O)C(=O)/C(=C(\O)c2ccc(OC)c(OC)c2)C1c1cccnc1. The highest BCUT2D eigenvalue weighted by Crippen LogP contribution is 2.40. The number of hydrogen-bond donors (Lipinski definition) is 1. The summed E-state index contributed by atoms with van der Waals surface area (Å²) in [5, 5.41) is 11.0. The molecule has 1 saturated heterocycles. The first kappa shape index (κ1) is 20.4. The molecule has 0 saturated carbocycles. The molecule has 0 bridgehead atoms. The van der Waals surface area contributed by atoms with Crippen LogP contribution in [0.4, 0.5) is 0 Å². The second kappa shape index (κ2) is 8.77. The van der Waals surface area contributed by atoms with Crippen molar-refractivity contribution in [1.29, 1.82) is 0 Å². The van der Waals surface area contributed by atoms with Crippen molar-refractivity contribution in [2.75, 3.05) is 20.8 Å². The second-order valence-corrected chi connectivity index (χ2v) is 6.70. The van der Waals surface area contributed by atoms with Crippen LogP contribution < -0.4 is 9.47 Å². The van der Waals surface area contributed by atoms with Crippen molar-refractivity contribution in [3.63, 3.8) is 0 Å². The Labute approximate surface area is 169 Å². The molecule has 0 spiro atoms. The quantitative estimate of drug-likeness (QED) is 0.439. The Morgan fingerprint density at radius 1 is 1.17 bits per heavy atom. The molecule has 1 unspecified atom stereocenters. The van der Waals surface area contributed by atoms with Gasteiger partial charge in [0.1, 0.15) is 5.76 Å². The van der Waals surface area contributed by atoms with E-state index >= 15 is 0 Å². The van der Waals surface area contributed by atoms with Crippen LogP contribution >= 0.6 is 0 Å². The number of amides is 1. The molecule has 2 heterocycles. The van der Waals surface area contributed by atoms with Gasteiger partial charge in [0.05, 0.1) is 25.8 Å². The van der Waals surface area contributed by atoms with Crippen LogP contribution in [0.1, 0.15) is 36.9 Å². The number of carbonyl (C=O) groups excluding carboxylic acids is 2. The van der Waals surface area contributed by atoms with Crippen LogP contribution in [0, 0.1) is 0 Å². The molecule has 1 aromatic carbocycles. The molecule has 1 fully saturated rings. The minimum atomic E-state index is -0.706. The summed E-state index contributed by atoms with van der Waals surface area (Å²) in [6, 6.07) is 7.68. The summed E-state index contributed by atoms with van der Waals surface area (Å²) < 4.78 is 10.5. The number of likely N-dealkylation sites (tertiary alicyclic amines) is 1. The van der Waals surface area contributed by atoms with Crippen LogP contribution in [0.25, 0.3) is 5.76 Å². The lowest BCUT2D eigenvalue weighted by Crippen LogP contribution is -2.30. The van der Waals surface area contributed by atoms with Crippen molar-refractivity contribution in [1.82, 2.24) is 9.88 Å². The number of aliphatic hydroxyl groups is 1. The summed E-state index contributed by atoms with van der Waals surface area (Å²) in [7, 11) is 3.00. The zero-order chi connectivity index (χ0) is 21.0. The molecule has 2 aromatic rings. The average molecular weight is 396 g/mol. The van der Waals surface area contributed by atoms with Crippen LogP contribution in [0.3, 0.4) is 0 Å². The van der Waals surface area contributed by atoms with Crippen molar-refractivity contribution in [3.8, 4) is 11.5 Å². The topological polar surface area (TPSA) is 89.0 Å². The van der Waals surface area contributed by atoms with Crippen molar-refractivity contribution in [2.45, 2.75) is 25.8 Å². The van der Waals surface area contributed by atoms with Gasteiger partial charge in [-0.15, -0.1) is 0 Å². The number of ether oxygens (including phenoxy) is 2. The molecule has 1 aromatic heterocycles. The lowest BCUT2D eigenvalue weighted by atomic mass is 9.96. The monoisotopic (exact) mass is 396 g/mol.